The largest absolute Gasteiger partial charge is 0.382 e. The minimum absolute atomic E-state index is 0.149. The van der Waals surface area contributed by atoms with E-state index >= 15 is 0 Å². The van der Waals surface area contributed by atoms with Crippen LogP contribution in [0.3, 0.4) is 0 Å². The highest BCUT2D eigenvalue weighted by molar-refractivity contribution is 7.71. The van der Waals surface area contributed by atoms with Crippen LogP contribution in [-0.2, 0) is 45.8 Å². The summed E-state index contributed by atoms with van der Waals surface area (Å²) in [4.78, 5) is 35.0. The highest BCUT2D eigenvalue weighted by atomic mass is 31.2. The zero-order valence-electron chi connectivity index (χ0n) is 23.1. The summed E-state index contributed by atoms with van der Waals surface area (Å²) in [5, 5.41) is -2.00. The summed E-state index contributed by atoms with van der Waals surface area (Å²) in [6.45, 7) is 14.3. The third-order valence-electron chi connectivity index (χ3n) is 3.56. The molecule has 0 aromatic rings. The molecule has 4 N–H and O–H groups in total. The smallest absolute Gasteiger partial charge is 0.343 e. The average Bonchev–Trinajstić information content (AvgIpc) is 2.59. The van der Waals surface area contributed by atoms with E-state index in [0.29, 0.717) is 6.61 Å². The fourth-order valence-corrected chi connectivity index (χ4v) is 10.5. The highest BCUT2D eigenvalue weighted by Crippen LogP contribution is 2.65. The first-order valence-electron chi connectivity index (χ1n) is 11.7. The van der Waals surface area contributed by atoms with Crippen molar-refractivity contribution in [3.05, 3.63) is 0 Å². The average molecular weight is 622 g/mol. The molecule has 0 spiro atoms. The quantitative estimate of drug-likeness (QED) is 0.120. The van der Waals surface area contributed by atoms with E-state index in [-0.39, 0.29) is 43.5 Å². The van der Waals surface area contributed by atoms with Crippen molar-refractivity contribution < 1.29 is 65.4 Å². The lowest BCUT2D eigenvalue weighted by Crippen LogP contribution is -2.15. The molecule has 0 fully saturated rings. The van der Waals surface area contributed by atoms with Gasteiger partial charge < -0.3 is 47.1 Å². The third kappa shape index (κ3) is 21.0. The predicted octanol–water partition coefficient (Wildman–Crippen LogP) is 4.75. The second-order valence-corrected chi connectivity index (χ2v) is 17.5. The molecule has 0 rings (SSSR count). The maximum absolute atomic E-state index is 12.8. The molecule has 226 valence electrons. The Kier molecular flexibility index (Phi) is 19.4. The van der Waals surface area contributed by atoms with Crippen molar-refractivity contribution in [3.8, 4) is 0 Å². The maximum atomic E-state index is 12.8. The monoisotopic (exact) mass is 622 g/mol. The van der Waals surface area contributed by atoms with E-state index < -0.39 is 42.2 Å². The topological polar surface area (TPSA) is 205 Å². The molecule has 0 aliphatic carbocycles. The van der Waals surface area contributed by atoms with Gasteiger partial charge in [0.05, 0.1) is 37.6 Å². The molecule has 0 aliphatic heterocycles. The van der Waals surface area contributed by atoms with Gasteiger partial charge in [0, 0.05) is 13.7 Å². The Morgan fingerprint density at radius 3 is 1.14 bits per heavy atom. The van der Waals surface area contributed by atoms with Crippen LogP contribution in [0.1, 0.15) is 61.8 Å². The fourth-order valence-electron chi connectivity index (χ4n) is 2.65. The molecule has 0 bridgehead atoms. The molecule has 0 aromatic carbocycles. The van der Waals surface area contributed by atoms with Gasteiger partial charge in [0.2, 0.25) is 0 Å². The molecule has 0 amide bonds. The second-order valence-electron chi connectivity index (χ2n) is 9.03. The SMILES string of the molecule is CC(C)OP(=O)(CP(=O)(OC(C)C)OC(C)C)OC(C)C.COCCOCCC(P(=O)(O)O)P(=O)(O)O. The molecule has 14 nitrogen and oxygen atoms in total. The van der Waals surface area contributed by atoms with Crippen molar-refractivity contribution in [3.63, 3.8) is 0 Å². The lowest BCUT2D eigenvalue weighted by Gasteiger charge is -2.28. The van der Waals surface area contributed by atoms with Gasteiger partial charge in [-0.1, -0.05) is 0 Å². The Hall–Kier alpha value is 0.520. The van der Waals surface area contributed by atoms with E-state index in [1.807, 2.05) is 0 Å². The molecule has 0 atom stereocenters. The van der Waals surface area contributed by atoms with Gasteiger partial charge >= 0.3 is 30.4 Å². The van der Waals surface area contributed by atoms with Crippen LogP contribution in [0.15, 0.2) is 0 Å². The van der Waals surface area contributed by atoms with Crippen LogP contribution in [0.4, 0.5) is 0 Å². The van der Waals surface area contributed by atoms with E-state index in [0.717, 1.165) is 0 Å². The Labute approximate surface area is 220 Å². The summed E-state index contributed by atoms with van der Waals surface area (Å²) in [6.07, 6.45) is -1.68. The molecule has 37 heavy (non-hydrogen) atoms. The van der Waals surface area contributed by atoms with E-state index in [1.165, 1.54) is 7.11 Å². The first kappa shape index (κ1) is 39.7. The molecule has 0 saturated carbocycles. The van der Waals surface area contributed by atoms with Crippen LogP contribution in [0.25, 0.3) is 0 Å². The molecular weight excluding hydrogens is 576 g/mol. The predicted molar refractivity (Wildman–Crippen MR) is 140 cm³/mol. The van der Waals surface area contributed by atoms with Crippen molar-refractivity contribution in [1.29, 1.82) is 0 Å². The molecule has 0 radical (unpaired) electrons. The molecule has 0 aliphatic rings. The Morgan fingerprint density at radius 2 is 0.892 bits per heavy atom. The zero-order chi connectivity index (χ0) is 29.7. The first-order valence-corrected chi connectivity index (χ1v) is 18.5. The minimum atomic E-state index is -4.83. The number of rotatable bonds is 18. The number of hydrogen-bond donors (Lipinski definition) is 4. The van der Waals surface area contributed by atoms with Crippen LogP contribution < -0.4 is 0 Å². The summed E-state index contributed by atoms with van der Waals surface area (Å²) in [6, 6.07) is 0. The standard InChI is InChI=1S/C13H30O6P2.C6H16O8P2/c1-10(2)16-20(14,17-11(3)4)9-21(15,18-12(5)6)19-13(7)8;1-13-4-5-14-3-2-6(15(7,8)9)16(10,11)12/h10-13H,9H2,1-8H3;6H,2-5H2,1H3,(H2,7,8,9)(H2,10,11,12). The van der Waals surface area contributed by atoms with E-state index in [1.54, 1.807) is 55.4 Å². The van der Waals surface area contributed by atoms with Gasteiger partial charge in [-0.15, -0.1) is 0 Å². The maximum Gasteiger partial charge on any atom is 0.343 e. The van der Waals surface area contributed by atoms with Gasteiger partial charge in [-0.25, -0.2) is 0 Å². The summed E-state index contributed by atoms with van der Waals surface area (Å²) in [7, 11) is -15.4. The van der Waals surface area contributed by atoms with Gasteiger partial charge in [0.1, 0.15) is 0 Å². The Bertz CT molecular complexity index is 719. The lowest BCUT2D eigenvalue weighted by molar-refractivity contribution is 0.0695. The van der Waals surface area contributed by atoms with Crippen LogP contribution >= 0.6 is 30.4 Å². The van der Waals surface area contributed by atoms with Gasteiger partial charge in [0.25, 0.3) is 0 Å². The van der Waals surface area contributed by atoms with Crippen molar-refractivity contribution in [2.45, 2.75) is 91.6 Å². The normalized spacial score (nSPS) is 13.7. The Balaban J connectivity index is 0. The second kappa shape index (κ2) is 18.1. The van der Waals surface area contributed by atoms with E-state index in [9.17, 15) is 18.3 Å². The van der Waals surface area contributed by atoms with E-state index in [2.05, 4.69) is 4.74 Å². The van der Waals surface area contributed by atoms with Crippen LogP contribution in [0.5, 0.6) is 0 Å². The molecule has 0 unspecified atom stereocenters. The summed E-state index contributed by atoms with van der Waals surface area (Å²) in [5.74, 6) is -0.382. The molecular formula is C19H46O14P4. The molecule has 18 heteroatoms. The molecule has 0 aromatic heterocycles. The van der Waals surface area contributed by atoms with E-state index in [4.69, 9.17) is 42.4 Å². The van der Waals surface area contributed by atoms with Crippen molar-refractivity contribution in [1.82, 2.24) is 0 Å². The minimum Gasteiger partial charge on any atom is -0.382 e. The third-order valence-corrected chi connectivity index (χ3v) is 13.2. The molecule has 0 heterocycles. The van der Waals surface area contributed by atoms with Crippen LogP contribution in [0.2, 0.25) is 0 Å². The first-order chi connectivity index (χ1) is 16.6. The lowest BCUT2D eigenvalue weighted by atomic mass is 10.5. The van der Waals surface area contributed by atoms with Crippen LogP contribution in [-0.4, -0.2) is 82.2 Å². The Morgan fingerprint density at radius 1 is 0.568 bits per heavy atom. The number of methoxy groups -OCH3 is 1. The zero-order valence-corrected chi connectivity index (χ0v) is 26.7. The summed E-state index contributed by atoms with van der Waals surface area (Å²) < 4.78 is 78.5. The fraction of sp³-hybridized carbons (Fsp3) is 1.00. The summed E-state index contributed by atoms with van der Waals surface area (Å²) >= 11 is 0. The van der Waals surface area contributed by atoms with Crippen molar-refractivity contribution >= 4 is 30.4 Å². The van der Waals surface area contributed by atoms with Gasteiger partial charge in [-0.05, 0) is 61.8 Å². The highest BCUT2D eigenvalue weighted by Gasteiger charge is 2.43. The van der Waals surface area contributed by atoms with Crippen LogP contribution in [0, 0.1) is 0 Å². The summed E-state index contributed by atoms with van der Waals surface area (Å²) in [5.41, 5.74) is 0. The van der Waals surface area contributed by atoms with Crippen molar-refractivity contribution in [2.24, 2.45) is 0 Å². The number of hydrogen-bond acceptors (Lipinski definition) is 10. The van der Waals surface area contributed by atoms with Gasteiger partial charge in [-0.2, -0.15) is 0 Å². The van der Waals surface area contributed by atoms with Gasteiger partial charge in [-0.3, -0.25) is 18.3 Å². The molecule has 0 saturated heterocycles. The van der Waals surface area contributed by atoms with Gasteiger partial charge in [0.15, 0.2) is 11.3 Å². The number of ether oxygens (including phenoxy) is 2. The van der Waals surface area contributed by atoms with Crippen molar-refractivity contribution in [2.75, 3.05) is 32.8 Å².